The van der Waals surface area contributed by atoms with Crippen LogP contribution in [0.5, 0.6) is 0 Å². The highest BCUT2D eigenvalue weighted by atomic mass is 35.5. The van der Waals surface area contributed by atoms with Crippen molar-refractivity contribution in [2.24, 2.45) is 0 Å². The summed E-state index contributed by atoms with van der Waals surface area (Å²) in [5.74, 6) is 0. The fourth-order valence-electron chi connectivity index (χ4n) is 2.16. The molecular formula is C15H13ClN2O2S2. The van der Waals surface area contributed by atoms with E-state index in [1.807, 2.05) is 12.3 Å². The number of H-pyrrole nitrogens is 1. The predicted molar refractivity (Wildman–Crippen MR) is 92.3 cm³/mol. The number of hydrogen-bond donors (Lipinski definition) is 2. The number of halogens is 1. The van der Waals surface area contributed by atoms with Gasteiger partial charge in [-0.05, 0) is 36.6 Å². The summed E-state index contributed by atoms with van der Waals surface area (Å²) in [5.41, 5.74) is 1.13. The highest BCUT2D eigenvalue weighted by Gasteiger charge is 2.16. The first-order valence-electron chi connectivity index (χ1n) is 6.44. The van der Waals surface area contributed by atoms with Crippen molar-refractivity contribution in [3.63, 3.8) is 0 Å². The molecule has 0 aliphatic carbocycles. The van der Waals surface area contributed by atoms with Crippen LogP contribution in [0.15, 0.2) is 58.5 Å². The van der Waals surface area contributed by atoms with E-state index in [4.69, 9.17) is 11.6 Å². The molecule has 3 aromatic rings. The van der Waals surface area contributed by atoms with Crippen molar-refractivity contribution >= 4 is 50.0 Å². The lowest BCUT2D eigenvalue weighted by Gasteiger charge is -2.09. The van der Waals surface area contributed by atoms with Gasteiger partial charge in [-0.15, -0.1) is 11.8 Å². The van der Waals surface area contributed by atoms with Crippen LogP contribution >= 0.6 is 23.4 Å². The SMILES string of the molecule is CSc1ccc(S(=O)(=O)Nc2cccc3c(Cl)c[nH]c23)cc1. The highest BCUT2D eigenvalue weighted by Crippen LogP contribution is 2.30. The Balaban J connectivity index is 1.99. The Hall–Kier alpha value is -1.63. The molecule has 2 N–H and O–H groups in total. The van der Waals surface area contributed by atoms with Crippen LogP contribution in [0, 0.1) is 0 Å². The van der Waals surface area contributed by atoms with Gasteiger partial charge in [0, 0.05) is 16.5 Å². The molecule has 0 aliphatic rings. The summed E-state index contributed by atoms with van der Waals surface area (Å²) in [6.07, 6.45) is 3.58. The van der Waals surface area contributed by atoms with Crippen molar-refractivity contribution in [2.45, 2.75) is 9.79 Å². The second-order valence-corrected chi connectivity index (χ2v) is 7.62. The van der Waals surface area contributed by atoms with Crippen LogP contribution in [0.25, 0.3) is 10.9 Å². The molecule has 114 valence electrons. The Labute approximate surface area is 137 Å². The van der Waals surface area contributed by atoms with E-state index >= 15 is 0 Å². The predicted octanol–water partition coefficient (Wildman–Crippen LogP) is 4.34. The Kier molecular flexibility index (Phi) is 4.08. The van der Waals surface area contributed by atoms with Gasteiger partial charge >= 0.3 is 0 Å². The molecule has 0 amide bonds. The lowest BCUT2D eigenvalue weighted by molar-refractivity contribution is 0.601. The minimum Gasteiger partial charge on any atom is -0.358 e. The first-order valence-corrected chi connectivity index (χ1v) is 9.52. The second-order valence-electron chi connectivity index (χ2n) is 4.65. The maximum atomic E-state index is 12.5. The minimum absolute atomic E-state index is 0.222. The van der Waals surface area contributed by atoms with Crippen LogP contribution in [0.1, 0.15) is 0 Å². The van der Waals surface area contributed by atoms with Gasteiger partial charge in [0.05, 0.1) is 21.1 Å². The lowest BCUT2D eigenvalue weighted by Crippen LogP contribution is -2.13. The summed E-state index contributed by atoms with van der Waals surface area (Å²) in [6, 6.07) is 12.0. The third-order valence-electron chi connectivity index (χ3n) is 3.28. The molecule has 2 aromatic carbocycles. The number of aromatic amines is 1. The van der Waals surface area contributed by atoms with Gasteiger partial charge in [-0.25, -0.2) is 8.42 Å². The first kappa shape index (κ1) is 15.3. The molecular weight excluding hydrogens is 340 g/mol. The zero-order chi connectivity index (χ0) is 15.7. The van der Waals surface area contributed by atoms with Gasteiger partial charge in [-0.1, -0.05) is 23.7 Å². The third-order valence-corrected chi connectivity index (χ3v) is 5.72. The Morgan fingerprint density at radius 3 is 2.55 bits per heavy atom. The molecule has 0 unspecified atom stereocenters. The summed E-state index contributed by atoms with van der Waals surface area (Å²) >= 11 is 7.62. The Morgan fingerprint density at radius 1 is 1.14 bits per heavy atom. The molecule has 22 heavy (non-hydrogen) atoms. The molecule has 0 fully saturated rings. The molecule has 0 radical (unpaired) electrons. The molecule has 0 saturated heterocycles. The van der Waals surface area contributed by atoms with E-state index in [2.05, 4.69) is 9.71 Å². The molecule has 3 rings (SSSR count). The number of anilines is 1. The van der Waals surface area contributed by atoms with Crippen molar-refractivity contribution in [2.75, 3.05) is 11.0 Å². The highest BCUT2D eigenvalue weighted by molar-refractivity contribution is 7.98. The maximum absolute atomic E-state index is 12.5. The standard InChI is InChI=1S/C15H13ClN2O2S2/c1-21-10-5-7-11(8-6-10)22(19,20)18-14-4-2-3-12-13(16)9-17-15(12)14/h2-9,17-18H,1H3. The topological polar surface area (TPSA) is 62.0 Å². The van der Waals surface area contributed by atoms with E-state index in [1.54, 1.807) is 54.4 Å². The number of benzene rings is 2. The molecule has 0 spiro atoms. The molecule has 4 nitrogen and oxygen atoms in total. The number of thioether (sulfide) groups is 1. The van der Waals surface area contributed by atoms with Gasteiger partial charge in [-0.2, -0.15) is 0 Å². The molecule has 1 heterocycles. The zero-order valence-electron chi connectivity index (χ0n) is 11.6. The second kappa shape index (κ2) is 5.87. The average molecular weight is 353 g/mol. The number of hydrogen-bond acceptors (Lipinski definition) is 3. The van der Waals surface area contributed by atoms with Crippen LogP contribution < -0.4 is 4.72 Å². The van der Waals surface area contributed by atoms with Crippen molar-refractivity contribution in [1.82, 2.24) is 4.98 Å². The monoisotopic (exact) mass is 352 g/mol. The number of fused-ring (bicyclic) bond motifs is 1. The quantitative estimate of drug-likeness (QED) is 0.686. The van der Waals surface area contributed by atoms with E-state index in [0.29, 0.717) is 16.2 Å². The van der Waals surface area contributed by atoms with Crippen LogP contribution in [0.4, 0.5) is 5.69 Å². The van der Waals surface area contributed by atoms with Crippen LogP contribution in [0.2, 0.25) is 5.02 Å². The molecule has 0 atom stereocenters. The van der Waals surface area contributed by atoms with Crippen LogP contribution in [0.3, 0.4) is 0 Å². The molecule has 1 aromatic heterocycles. The van der Waals surface area contributed by atoms with Crippen molar-refractivity contribution in [1.29, 1.82) is 0 Å². The van der Waals surface area contributed by atoms with Crippen LogP contribution in [-0.2, 0) is 10.0 Å². The number of sulfonamides is 1. The number of para-hydroxylation sites is 1. The Bertz CT molecular complexity index is 918. The molecule has 7 heteroatoms. The smallest absolute Gasteiger partial charge is 0.261 e. The minimum atomic E-state index is -3.64. The normalized spacial score (nSPS) is 11.7. The molecule has 0 bridgehead atoms. The van der Waals surface area contributed by atoms with E-state index in [9.17, 15) is 8.42 Å². The lowest BCUT2D eigenvalue weighted by atomic mass is 10.2. The van der Waals surface area contributed by atoms with Gasteiger partial charge in [0.2, 0.25) is 0 Å². The van der Waals surface area contributed by atoms with Gasteiger partial charge in [0.1, 0.15) is 0 Å². The summed E-state index contributed by atoms with van der Waals surface area (Å²) in [7, 11) is -3.64. The van der Waals surface area contributed by atoms with E-state index in [0.717, 1.165) is 10.3 Å². The number of rotatable bonds is 4. The van der Waals surface area contributed by atoms with E-state index in [1.165, 1.54) is 0 Å². The zero-order valence-corrected chi connectivity index (χ0v) is 14.0. The number of nitrogens with one attached hydrogen (secondary N) is 2. The van der Waals surface area contributed by atoms with Crippen molar-refractivity contribution in [3.05, 3.63) is 53.7 Å². The molecule has 0 saturated carbocycles. The van der Waals surface area contributed by atoms with E-state index in [-0.39, 0.29) is 4.90 Å². The average Bonchev–Trinajstić information content (AvgIpc) is 2.90. The number of aromatic nitrogens is 1. The van der Waals surface area contributed by atoms with Crippen molar-refractivity contribution in [3.8, 4) is 0 Å². The fourth-order valence-corrected chi connectivity index (χ4v) is 3.86. The fraction of sp³-hybridized carbons (Fsp3) is 0.0667. The largest absolute Gasteiger partial charge is 0.358 e. The van der Waals surface area contributed by atoms with Gasteiger partial charge in [-0.3, -0.25) is 4.72 Å². The summed E-state index contributed by atoms with van der Waals surface area (Å²) in [4.78, 5) is 4.22. The first-order chi connectivity index (χ1) is 10.5. The summed E-state index contributed by atoms with van der Waals surface area (Å²) in [5, 5.41) is 1.33. The summed E-state index contributed by atoms with van der Waals surface area (Å²) in [6.45, 7) is 0. The Morgan fingerprint density at radius 2 is 1.86 bits per heavy atom. The van der Waals surface area contributed by atoms with Gasteiger partial charge in [0.15, 0.2) is 0 Å². The van der Waals surface area contributed by atoms with Crippen molar-refractivity contribution < 1.29 is 8.42 Å². The third kappa shape index (κ3) is 2.82. The van der Waals surface area contributed by atoms with E-state index < -0.39 is 10.0 Å². The molecule has 0 aliphatic heterocycles. The van der Waals surface area contributed by atoms with Gasteiger partial charge in [0.25, 0.3) is 10.0 Å². The maximum Gasteiger partial charge on any atom is 0.261 e. The summed E-state index contributed by atoms with van der Waals surface area (Å²) < 4.78 is 27.6. The van der Waals surface area contributed by atoms with Crippen LogP contribution in [-0.4, -0.2) is 19.7 Å². The van der Waals surface area contributed by atoms with Gasteiger partial charge < -0.3 is 4.98 Å².